The van der Waals surface area contributed by atoms with Crippen LogP contribution in [0, 0.1) is 17.3 Å². The van der Waals surface area contributed by atoms with Gasteiger partial charge in [0.05, 0.1) is 11.7 Å². The van der Waals surface area contributed by atoms with Gasteiger partial charge in [-0.1, -0.05) is 49.6 Å². The normalized spacial score (nSPS) is 36.9. The number of allylic oxidation sites excluding steroid dienone is 3. The van der Waals surface area contributed by atoms with Gasteiger partial charge in [0.15, 0.2) is 0 Å². The summed E-state index contributed by atoms with van der Waals surface area (Å²) in [5.74, 6) is 1.59. The molecule has 3 aliphatic carbocycles. The van der Waals surface area contributed by atoms with E-state index in [1.165, 1.54) is 50.5 Å². The van der Waals surface area contributed by atoms with E-state index >= 15 is 0 Å². The van der Waals surface area contributed by atoms with Gasteiger partial charge in [-0.05, 0) is 101 Å². The molecule has 0 amide bonds. The van der Waals surface area contributed by atoms with Crippen molar-refractivity contribution in [2.45, 2.75) is 110 Å². The van der Waals surface area contributed by atoms with Crippen molar-refractivity contribution >= 4 is 0 Å². The molecular formula is C26H42O2. The standard InChI is InChI=1S/C26H42O2/c1-19-10-11-20(18-24(19)27)12-13-21-8-7-17-26(4)22(14-15-23(21)26)9-5-6-16-25(2,3)28/h12-13,22-24,27-28H,1,5-11,14-18H2,2-4H3/b20-12-,21-13+. The van der Waals surface area contributed by atoms with Crippen molar-refractivity contribution in [3.05, 3.63) is 35.5 Å². The Kier molecular flexibility index (Phi) is 6.92. The highest BCUT2D eigenvalue weighted by molar-refractivity contribution is 5.27. The first-order chi connectivity index (χ1) is 13.2. The van der Waals surface area contributed by atoms with Gasteiger partial charge in [-0.2, -0.15) is 0 Å². The lowest BCUT2D eigenvalue weighted by Gasteiger charge is -2.42. The van der Waals surface area contributed by atoms with E-state index in [9.17, 15) is 10.2 Å². The van der Waals surface area contributed by atoms with Crippen molar-refractivity contribution in [2.75, 3.05) is 0 Å². The fourth-order valence-corrected chi connectivity index (χ4v) is 6.13. The van der Waals surface area contributed by atoms with Crippen LogP contribution >= 0.6 is 0 Å². The van der Waals surface area contributed by atoms with E-state index in [2.05, 4.69) is 25.7 Å². The van der Waals surface area contributed by atoms with E-state index in [0.29, 0.717) is 5.41 Å². The number of unbranched alkanes of at least 4 members (excludes halogenated alkanes) is 1. The second-order valence-electron chi connectivity index (χ2n) is 10.7. The summed E-state index contributed by atoms with van der Waals surface area (Å²) in [4.78, 5) is 0. The molecule has 0 bridgehead atoms. The molecule has 3 aliphatic rings. The molecule has 158 valence electrons. The zero-order chi connectivity index (χ0) is 20.4. The van der Waals surface area contributed by atoms with Crippen molar-refractivity contribution in [1.82, 2.24) is 0 Å². The first-order valence-corrected chi connectivity index (χ1v) is 11.7. The van der Waals surface area contributed by atoms with Crippen LogP contribution in [0.4, 0.5) is 0 Å². The van der Waals surface area contributed by atoms with E-state index in [4.69, 9.17) is 0 Å². The van der Waals surface area contributed by atoms with Crippen LogP contribution in [0.2, 0.25) is 0 Å². The molecular weight excluding hydrogens is 344 g/mol. The fraction of sp³-hybridized carbons (Fsp3) is 0.769. The molecule has 3 rings (SSSR count). The summed E-state index contributed by atoms with van der Waals surface area (Å²) < 4.78 is 0. The SMILES string of the molecule is C=C1CC/C(=C/C=C2\CCCC3(C)C(CCCCC(C)(C)O)CCC23)CC1O. The van der Waals surface area contributed by atoms with E-state index in [0.717, 1.165) is 49.5 Å². The number of rotatable bonds is 6. The molecule has 0 aliphatic heterocycles. The van der Waals surface area contributed by atoms with Gasteiger partial charge in [0, 0.05) is 0 Å². The van der Waals surface area contributed by atoms with Crippen LogP contribution < -0.4 is 0 Å². The first kappa shape index (κ1) is 21.8. The Morgan fingerprint density at radius 3 is 2.64 bits per heavy atom. The molecule has 0 aromatic rings. The van der Waals surface area contributed by atoms with E-state index in [1.807, 2.05) is 13.8 Å². The van der Waals surface area contributed by atoms with E-state index in [-0.39, 0.29) is 6.10 Å². The lowest BCUT2D eigenvalue weighted by Crippen LogP contribution is -2.33. The summed E-state index contributed by atoms with van der Waals surface area (Å²) in [6.07, 6.45) is 18.5. The highest BCUT2D eigenvalue weighted by Gasteiger charge is 2.48. The lowest BCUT2D eigenvalue weighted by atomic mass is 9.62. The second kappa shape index (κ2) is 8.88. The predicted octanol–water partition coefficient (Wildman–Crippen LogP) is 6.49. The lowest BCUT2D eigenvalue weighted by molar-refractivity contribution is 0.0660. The van der Waals surface area contributed by atoms with Crippen molar-refractivity contribution in [2.24, 2.45) is 17.3 Å². The van der Waals surface area contributed by atoms with Crippen LogP contribution in [0.1, 0.15) is 97.8 Å². The molecule has 3 saturated carbocycles. The van der Waals surface area contributed by atoms with E-state index < -0.39 is 5.60 Å². The van der Waals surface area contributed by atoms with Gasteiger partial charge in [-0.25, -0.2) is 0 Å². The molecule has 0 spiro atoms. The smallest absolute Gasteiger partial charge is 0.0784 e. The summed E-state index contributed by atoms with van der Waals surface area (Å²) >= 11 is 0. The molecule has 0 radical (unpaired) electrons. The molecule has 4 unspecified atom stereocenters. The predicted molar refractivity (Wildman–Crippen MR) is 118 cm³/mol. The number of hydrogen-bond acceptors (Lipinski definition) is 2. The average Bonchev–Trinajstić information content (AvgIpc) is 2.96. The molecule has 0 saturated heterocycles. The minimum Gasteiger partial charge on any atom is -0.390 e. The van der Waals surface area contributed by atoms with Crippen molar-refractivity contribution < 1.29 is 10.2 Å². The molecule has 2 nitrogen and oxygen atoms in total. The molecule has 0 aromatic carbocycles. The van der Waals surface area contributed by atoms with Crippen LogP contribution in [-0.4, -0.2) is 21.9 Å². The molecule has 0 aromatic heterocycles. The Morgan fingerprint density at radius 1 is 1.14 bits per heavy atom. The highest BCUT2D eigenvalue weighted by atomic mass is 16.3. The Labute approximate surface area is 172 Å². The number of aliphatic hydroxyl groups is 2. The van der Waals surface area contributed by atoms with Gasteiger partial charge in [0.2, 0.25) is 0 Å². The van der Waals surface area contributed by atoms with Crippen LogP contribution in [0.5, 0.6) is 0 Å². The monoisotopic (exact) mass is 386 g/mol. The molecule has 3 fully saturated rings. The quantitative estimate of drug-likeness (QED) is 0.405. The Bertz CT molecular complexity index is 621. The Balaban J connectivity index is 1.60. The third-order valence-electron chi connectivity index (χ3n) is 7.98. The zero-order valence-corrected chi connectivity index (χ0v) is 18.5. The molecule has 4 atom stereocenters. The van der Waals surface area contributed by atoms with Crippen LogP contribution in [0.3, 0.4) is 0 Å². The third kappa shape index (κ3) is 5.19. The molecule has 0 heterocycles. The summed E-state index contributed by atoms with van der Waals surface area (Å²) in [6, 6.07) is 0. The number of fused-ring (bicyclic) bond motifs is 1. The van der Waals surface area contributed by atoms with Crippen molar-refractivity contribution in [1.29, 1.82) is 0 Å². The minimum absolute atomic E-state index is 0.338. The topological polar surface area (TPSA) is 40.5 Å². The van der Waals surface area contributed by atoms with Crippen LogP contribution in [0.15, 0.2) is 35.5 Å². The van der Waals surface area contributed by atoms with Crippen molar-refractivity contribution in [3.63, 3.8) is 0 Å². The number of aliphatic hydroxyl groups excluding tert-OH is 1. The summed E-state index contributed by atoms with van der Waals surface area (Å²) in [5, 5.41) is 20.0. The van der Waals surface area contributed by atoms with Gasteiger partial charge in [-0.3, -0.25) is 0 Å². The largest absolute Gasteiger partial charge is 0.390 e. The maximum atomic E-state index is 10.1. The maximum Gasteiger partial charge on any atom is 0.0784 e. The van der Waals surface area contributed by atoms with Crippen molar-refractivity contribution in [3.8, 4) is 0 Å². The van der Waals surface area contributed by atoms with Gasteiger partial charge in [-0.15, -0.1) is 0 Å². The Hall–Kier alpha value is -0.860. The summed E-state index contributed by atoms with van der Waals surface area (Å²) in [6.45, 7) is 10.4. The Morgan fingerprint density at radius 2 is 1.93 bits per heavy atom. The highest BCUT2D eigenvalue weighted by Crippen LogP contribution is 2.58. The molecule has 2 heteroatoms. The zero-order valence-electron chi connectivity index (χ0n) is 18.5. The van der Waals surface area contributed by atoms with Crippen LogP contribution in [0.25, 0.3) is 0 Å². The van der Waals surface area contributed by atoms with E-state index in [1.54, 1.807) is 5.57 Å². The maximum absolute atomic E-state index is 10.1. The second-order valence-corrected chi connectivity index (χ2v) is 10.7. The minimum atomic E-state index is -0.518. The average molecular weight is 387 g/mol. The molecule has 28 heavy (non-hydrogen) atoms. The fourth-order valence-electron chi connectivity index (χ4n) is 6.13. The molecule has 2 N–H and O–H groups in total. The van der Waals surface area contributed by atoms with Gasteiger partial charge in [0.25, 0.3) is 0 Å². The summed E-state index contributed by atoms with van der Waals surface area (Å²) in [7, 11) is 0. The first-order valence-electron chi connectivity index (χ1n) is 11.7. The van der Waals surface area contributed by atoms with Gasteiger partial charge >= 0.3 is 0 Å². The van der Waals surface area contributed by atoms with Crippen LogP contribution in [-0.2, 0) is 0 Å². The third-order valence-corrected chi connectivity index (χ3v) is 7.98. The summed E-state index contributed by atoms with van der Waals surface area (Å²) in [5.41, 5.74) is 4.01. The number of hydrogen-bond donors (Lipinski definition) is 2. The van der Waals surface area contributed by atoms with Gasteiger partial charge < -0.3 is 10.2 Å². The van der Waals surface area contributed by atoms with Gasteiger partial charge in [0.1, 0.15) is 0 Å².